The maximum absolute atomic E-state index is 12.2. The minimum atomic E-state index is -0.157. The fraction of sp³-hybridized carbons (Fsp3) is 0.588. The van der Waals surface area contributed by atoms with Crippen LogP contribution >= 0.6 is 0 Å². The van der Waals surface area contributed by atoms with Crippen LogP contribution < -0.4 is 11.1 Å². The van der Waals surface area contributed by atoms with E-state index in [0.29, 0.717) is 6.54 Å². The third-order valence-corrected chi connectivity index (χ3v) is 3.65. The first-order valence-corrected chi connectivity index (χ1v) is 7.94. The SMILES string of the molecule is CCCCCNC(=O)C(C)N(CCN)Cc1ccccc1. The van der Waals surface area contributed by atoms with Crippen molar-refractivity contribution >= 4 is 5.91 Å². The van der Waals surface area contributed by atoms with E-state index in [0.717, 1.165) is 32.5 Å². The molecule has 0 aliphatic heterocycles. The van der Waals surface area contributed by atoms with Crippen molar-refractivity contribution in [3.8, 4) is 0 Å². The van der Waals surface area contributed by atoms with Crippen LogP contribution in [0, 0.1) is 0 Å². The van der Waals surface area contributed by atoms with Gasteiger partial charge in [0.15, 0.2) is 0 Å². The van der Waals surface area contributed by atoms with Gasteiger partial charge in [-0.15, -0.1) is 0 Å². The van der Waals surface area contributed by atoms with Crippen molar-refractivity contribution in [1.82, 2.24) is 10.2 Å². The van der Waals surface area contributed by atoms with Crippen molar-refractivity contribution in [3.63, 3.8) is 0 Å². The zero-order valence-corrected chi connectivity index (χ0v) is 13.3. The van der Waals surface area contributed by atoms with Gasteiger partial charge < -0.3 is 11.1 Å². The Hall–Kier alpha value is -1.39. The van der Waals surface area contributed by atoms with Crippen molar-refractivity contribution < 1.29 is 4.79 Å². The van der Waals surface area contributed by atoms with E-state index in [-0.39, 0.29) is 11.9 Å². The molecule has 0 aliphatic carbocycles. The molecule has 1 unspecified atom stereocenters. The highest BCUT2D eigenvalue weighted by atomic mass is 16.2. The monoisotopic (exact) mass is 291 g/mol. The maximum atomic E-state index is 12.2. The number of carbonyl (C=O) groups is 1. The lowest BCUT2D eigenvalue weighted by atomic mass is 10.1. The quantitative estimate of drug-likeness (QED) is 0.649. The van der Waals surface area contributed by atoms with Gasteiger partial charge in [0.05, 0.1) is 6.04 Å². The van der Waals surface area contributed by atoms with Gasteiger partial charge in [-0.2, -0.15) is 0 Å². The van der Waals surface area contributed by atoms with E-state index in [9.17, 15) is 4.79 Å². The van der Waals surface area contributed by atoms with Crippen molar-refractivity contribution in [1.29, 1.82) is 0 Å². The van der Waals surface area contributed by atoms with Gasteiger partial charge in [-0.3, -0.25) is 9.69 Å². The van der Waals surface area contributed by atoms with Crippen LogP contribution in [0.2, 0.25) is 0 Å². The van der Waals surface area contributed by atoms with E-state index in [1.165, 1.54) is 12.0 Å². The lowest BCUT2D eigenvalue weighted by Crippen LogP contribution is -2.46. The van der Waals surface area contributed by atoms with Crippen molar-refractivity contribution in [2.24, 2.45) is 5.73 Å². The molecular weight excluding hydrogens is 262 g/mol. The van der Waals surface area contributed by atoms with Crippen LogP contribution in [-0.2, 0) is 11.3 Å². The number of carbonyl (C=O) groups excluding carboxylic acids is 1. The Bertz CT molecular complexity index is 394. The van der Waals surface area contributed by atoms with E-state index in [2.05, 4.69) is 29.3 Å². The van der Waals surface area contributed by atoms with Crippen LogP contribution in [0.1, 0.15) is 38.7 Å². The molecule has 0 saturated heterocycles. The summed E-state index contributed by atoms with van der Waals surface area (Å²) in [5, 5.41) is 3.02. The summed E-state index contributed by atoms with van der Waals surface area (Å²) in [5.74, 6) is 0.0930. The van der Waals surface area contributed by atoms with Gasteiger partial charge in [0.1, 0.15) is 0 Å². The Kier molecular flexibility index (Phi) is 8.71. The normalized spacial score (nSPS) is 12.4. The average molecular weight is 291 g/mol. The van der Waals surface area contributed by atoms with Gasteiger partial charge in [0.2, 0.25) is 5.91 Å². The summed E-state index contributed by atoms with van der Waals surface area (Å²) in [6.07, 6.45) is 3.37. The number of unbranched alkanes of at least 4 members (excludes halogenated alkanes) is 2. The molecule has 0 saturated carbocycles. The molecule has 4 nitrogen and oxygen atoms in total. The molecule has 0 fully saturated rings. The molecule has 1 rings (SSSR count). The second kappa shape index (κ2) is 10.4. The van der Waals surface area contributed by atoms with E-state index >= 15 is 0 Å². The smallest absolute Gasteiger partial charge is 0.237 e. The first-order valence-electron chi connectivity index (χ1n) is 7.94. The first kappa shape index (κ1) is 17.7. The maximum Gasteiger partial charge on any atom is 0.237 e. The second-order valence-electron chi connectivity index (χ2n) is 5.42. The summed E-state index contributed by atoms with van der Waals surface area (Å²) >= 11 is 0. The number of nitrogens with one attached hydrogen (secondary N) is 1. The van der Waals surface area contributed by atoms with Crippen LogP contribution in [0.15, 0.2) is 30.3 Å². The summed E-state index contributed by atoms with van der Waals surface area (Å²) in [4.78, 5) is 14.3. The summed E-state index contributed by atoms with van der Waals surface area (Å²) in [6, 6.07) is 10.0. The van der Waals surface area contributed by atoms with Crippen molar-refractivity contribution in [2.75, 3.05) is 19.6 Å². The molecule has 118 valence electrons. The van der Waals surface area contributed by atoms with E-state index in [1.54, 1.807) is 0 Å². The fourth-order valence-electron chi connectivity index (χ4n) is 2.29. The van der Waals surface area contributed by atoms with Crippen LogP contribution in [-0.4, -0.2) is 36.5 Å². The number of nitrogens with zero attached hydrogens (tertiary/aromatic N) is 1. The van der Waals surface area contributed by atoms with E-state index < -0.39 is 0 Å². The summed E-state index contributed by atoms with van der Waals surface area (Å²) < 4.78 is 0. The van der Waals surface area contributed by atoms with E-state index in [1.807, 2.05) is 25.1 Å². The number of hydrogen-bond donors (Lipinski definition) is 2. The van der Waals surface area contributed by atoms with Gasteiger partial charge in [0.25, 0.3) is 0 Å². The van der Waals surface area contributed by atoms with Gasteiger partial charge in [-0.05, 0) is 18.9 Å². The number of nitrogens with two attached hydrogens (primary N) is 1. The summed E-state index contributed by atoms with van der Waals surface area (Å²) in [5.41, 5.74) is 6.89. The molecular formula is C17H29N3O. The number of hydrogen-bond acceptors (Lipinski definition) is 3. The molecule has 0 spiro atoms. The molecule has 3 N–H and O–H groups in total. The van der Waals surface area contributed by atoms with Gasteiger partial charge in [-0.1, -0.05) is 50.1 Å². The zero-order chi connectivity index (χ0) is 15.5. The molecule has 0 bridgehead atoms. The van der Waals surface area contributed by atoms with Crippen molar-refractivity contribution in [2.45, 2.75) is 45.7 Å². The van der Waals surface area contributed by atoms with Crippen LogP contribution in [0.4, 0.5) is 0 Å². The number of amides is 1. The topological polar surface area (TPSA) is 58.4 Å². The zero-order valence-electron chi connectivity index (χ0n) is 13.3. The Morgan fingerprint density at radius 2 is 2.00 bits per heavy atom. The largest absolute Gasteiger partial charge is 0.355 e. The molecule has 21 heavy (non-hydrogen) atoms. The Balaban J connectivity index is 2.51. The molecule has 4 heteroatoms. The standard InChI is InChI=1S/C17H29N3O/c1-3-4-8-12-19-17(21)15(2)20(13-11-18)14-16-9-6-5-7-10-16/h5-7,9-10,15H,3-4,8,11-14,18H2,1-2H3,(H,19,21). The van der Waals surface area contributed by atoms with Crippen LogP contribution in [0.25, 0.3) is 0 Å². The molecule has 0 aromatic heterocycles. The molecule has 0 aliphatic rings. The minimum absolute atomic E-state index is 0.0930. The number of rotatable bonds is 10. The van der Waals surface area contributed by atoms with Gasteiger partial charge >= 0.3 is 0 Å². The predicted molar refractivity (Wildman–Crippen MR) is 87.9 cm³/mol. The highest BCUT2D eigenvalue weighted by Gasteiger charge is 2.20. The van der Waals surface area contributed by atoms with E-state index in [4.69, 9.17) is 5.73 Å². The molecule has 0 heterocycles. The Morgan fingerprint density at radius 3 is 2.62 bits per heavy atom. The van der Waals surface area contributed by atoms with Crippen molar-refractivity contribution in [3.05, 3.63) is 35.9 Å². The third-order valence-electron chi connectivity index (χ3n) is 3.65. The molecule has 1 aromatic carbocycles. The third kappa shape index (κ3) is 6.74. The van der Waals surface area contributed by atoms with Gasteiger partial charge in [-0.25, -0.2) is 0 Å². The lowest BCUT2D eigenvalue weighted by Gasteiger charge is -2.28. The highest BCUT2D eigenvalue weighted by Crippen LogP contribution is 2.08. The molecule has 1 atom stereocenters. The van der Waals surface area contributed by atoms with Crippen LogP contribution in [0.5, 0.6) is 0 Å². The number of benzene rings is 1. The Labute approximate surface area is 128 Å². The predicted octanol–water partition coefficient (Wildman–Crippen LogP) is 2.14. The highest BCUT2D eigenvalue weighted by molar-refractivity contribution is 5.81. The fourth-order valence-corrected chi connectivity index (χ4v) is 2.29. The molecule has 1 amide bonds. The lowest BCUT2D eigenvalue weighted by molar-refractivity contribution is -0.126. The summed E-state index contributed by atoms with van der Waals surface area (Å²) in [7, 11) is 0. The summed E-state index contributed by atoms with van der Waals surface area (Å²) in [6.45, 7) is 6.90. The van der Waals surface area contributed by atoms with Gasteiger partial charge in [0, 0.05) is 26.2 Å². The minimum Gasteiger partial charge on any atom is -0.355 e. The average Bonchev–Trinajstić information content (AvgIpc) is 2.51. The van der Waals surface area contributed by atoms with Crippen LogP contribution in [0.3, 0.4) is 0 Å². The molecule has 1 aromatic rings. The first-order chi connectivity index (χ1) is 10.2. The second-order valence-corrected chi connectivity index (χ2v) is 5.42. The Morgan fingerprint density at radius 1 is 1.29 bits per heavy atom. The molecule has 0 radical (unpaired) electrons.